The fourth-order valence-electron chi connectivity index (χ4n) is 4.64. The lowest BCUT2D eigenvalue weighted by atomic mass is 9.57. The van der Waals surface area contributed by atoms with Gasteiger partial charge in [0.25, 0.3) is 0 Å². The topological polar surface area (TPSA) is 6.48 Å². The molecule has 1 spiro atoms. The van der Waals surface area contributed by atoms with Crippen molar-refractivity contribution >= 4 is 5.69 Å². The van der Waals surface area contributed by atoms with Gasteiger partial charge < -0.3 is 9.80 Å². The van der Waals surface area contributed by atoms with E-state index in [2.05, 4.69) is 40.1 Å². The van der Waals surface area contributed by atoms with Gasteiger partial charge in [0.1, 0.15) is 0 Å². The summed E-state index contributed by atoms with van der Waals surface area (Å²) < 4.78 is 0. The number of nitrogens with zero attached hydrogens (tertiary/aromatic N) is 2. The minimum absolute atomic E-state index is 0.691. The molecule has 1 aliphatic carbocycles. The van der Waals surface area contributed by atoms with Gasteiger partial charge >= 0.3 is 0 Å². The molecule has 2 heterocycles. The number of benzene rings is 1. The molecule has 2 saturated heterocycles. The smallest absolute Gasteiger partial charge is 0.0366 e. The van der Waals surface area contributed by atoms with E-state index >= 15 is 0 Å². The molecule has 0 radical (unpaired) electrons. The summed E-state index contributed by atoms with van der Waals surface area (Å²) in [7, 11) is 0. The largest absolute Gasteiger partial charge is 0.370 e. The SMILES string of the molecule is c1ccc(N2CC3(CC(CN4CCCCC4)C3)C2)cc1. The zero-order chi connectivity index (χ0) is 13.4. The Bertz CT molecular complexity index is 436. The number of likely N-dealkylation sites (tertiary alicyclic amines) is 1. The molecule has 4 rings (SSSR count). The lowest BCUT2D eigenvalue weighted by Gasteiger charge is -2.60. The summed E-state index contributed by atoms with van der Waals surface area (Å²) in [6, 6.07) is 10.9. The van der Waals surface area contributed by atoms with Gasteiger partial charge in [-0.15, -0.1) is 0 Å². The van der Waals surface area contributed by atoms with E-state index in [9.17, 15) is 0 Å². The summed E-state index contributed by atoms with van der Waals surface area (Å²) in [6.45, 7) is 6.70. The van der Waals surface area contributed by atoms with E-state index in [0.29, 0.717) is 5.41 Å². The summed E-state index contributed by atoms with van der Waals surface area (Å²) in [6.07, 6.45) is 7.27. The van der Waals surface area contributed by atoms with Crippen LogP contribution in [0.25, 0.3) is 0 Å². The van der Waals surface area contributed by atoms with Crippen molar-refractivity contribution in [3.8, 4) is 0 Å². The van der Waals surface area contributed by atoms with Crippen molar-refractivity contribution in [1.29, 1.82) is 0 Å². The normalized spacial score (nSPS) is 26.3. The van der Waals surface area contributed by atoms with Crippen LogP contribution in [-0.2, 0) is 0 Å². The number of para-hydroxylation sites is 1. The van der Waals surface area contributed by atoms with E-state index in [-0.39, 0.29) is 0 Å². The molecule has 2 aliphatic heterocycles. The van der Waals surface area contributed by atoms with Crippen LogP contribution in [0.3, 0.4) is 0 Å². The van der Waals surface area contributed by atoms with E-state index in [4.69, 9.17) is 0 Å². The second-order valence-electron chi connectivity index (χ2n) is 7.33. The Kier molecular flexibility index (Phi) is 3.22. The van der Waals surface area contributed by atoms with Crippen molar-refractivity contribution in [1.82, 2.24) is 4.90 Å². The molecular weight excluding hydrogens is 244 g/mol. The van der Waals surface area contributed by atoms with Crippen LogP contribution in [0.2, 0.25) is 0 Å². The van der Waals surface area contributed by atoms with E-state index < -0.39 is 0 Å². The fraction of sp³-hybridized carbons (Fsp3) is 0.667. The van der Waals surface area contributed by atoms with Crippen LogP contribution < -0.4 is 4.90 Å². The predicted molar refractivity (Wildman–Crippen MR) is 84.1 cm³/mol. The lowest BCUT2D eigenvalue weighted by molar-refractivity contribution is 0.00119. The van der Waals surface area contributed by atoms with Gasteiger partial charge in [-0.1, -0.05) is 24.6 Å². The Hall–Kier alpha value is -1.02. The van der Waals surface area contributed by atoms with Crippen LogP contribution in [0.5, 0.6) is 0 Å². The van der Waals surface area contributed by atoms with Gasteiger partial charge in [0, 0.05) is 30.7 Å². The van der Waals surface area contributed by atoms with Gasteiger partial charge in [0.05, 0.1) is 0 Å². The first-order valence-corrected chi connectivity index (χ1v) is 8.35. The summed E-state index contributed by atoms with van der Waals surface area (Å²) in [5.74, 6) is 0.992. The highest BCUT2D eigenvalue weighted by Gasteiger charge is 2.52. The standard InChI is InChI=1S/C18H26N2/c1-3-7-17(8-4-1)20-14-18(15-20)11-16(12-18)13-19-9-5-2-6-10-19/h1,3-4,7-8,16H,2,5-6,9-15H2. The number of piperidine rings is 1. The van der Waals surface area contributed by atoms with Crippen molar-refractivity contribution in [2.45, 2.75) is 32.1 Å². The molecule has 0 aromatic heterocycles. The highest BCUT2D eigenvalue weighted by molar-refractivity contribution is 5.50. The molecule has 0 atom stereocenters. The van der Waals surface area contributed by atoms with E-state index in [1.54, 1.807) is 0 Å². The van der Waals surface area contributed by atoms with Gasteiger partial charge in [-0.3, -0.25) is 0 Å². The van der Waals surface area contributed by atoms with Crippen LogP contribution in [0, 0.1) is 11.3 Å². The molecule has 3 fully saturated rings. The van der Waals surface area contributed by atoms with Gasteiger partial charge in [-0.2, -0.15) is 0 Å². The van der Waals surface area contributed by atoms with Crippen LogP contribution in [0.1, 0.15) is 32.1 Å². The molecule has 0 N–H and O–H groups in total. The molecule has 3 aliphatic rings. The monoisotopic (exact) mass is 270 g/mol. The zero-order valence-corrected chi connectivity index (χ0v) is 12.4. The summed E-state index contributed by atoms with van der Waals surface area (Å²) >= 11 is 0. The molecular formula is C18H26N2. The van der Waals surface area contributed by atoms with E-state index in [0.717, 1.165) is 5.92 Å². The Morgan fingerprint density at radius 1 is 0.950 bits per heavy atom. The molecule has 0 unspecified atom stereocenters. The Balaban J connectivity index is 1.24. The van der Waals surface area contributed by atoms with E-state index in [1.165, 1.54) is 70.5 Å². The van der Waals surface area contributed by atoms with Crippen LogP contribution in [0.4, 0.5) is 5.69 Å². The molecule has 2 heteroatoms. The Labute approximate surface area is 122 Å². The summed E-state index contributed by atoms with van der Waals surface area (Å²) in [4.78, 5) is 5.27. The fourth-order valence-corrected chi connectivity index (χ4v) is 4.64. The van der Waals surface area contributed by atoms with Crippen molar-refractivity contribution in [3.05, 3.63) is 30.3 Å². The minimum atomic E-state index is 0.691. The third-order valence-electron chi connectivity index (χ3n) is 5.58. The number of hydrogen-bond donors (Lipinski definition) is 0. The number of anilines is 1. The number of rotatable bonds is 3. The molecule has 108 valence electrons. The maximum absolute atomic E-state index is 2.72. The quantitative estimate of drug-likeness (QED) is 0.830. The molecule has 0 bridgehead atoms. The average Bonchev–Trinajstić information content (AvgIpc) is 2.42. The minimum Gasteiger partial charge on any atom is -0.370 e. The average molecular weight is 270 g/mol. The number of hydrogen-bond acceptors (Lipinski definition) is 2. The molecule has 20 heavy (non-hydrogen) atoms. The van der Waals surface area contributed by atoms with Crippen molar-refractivity contribution < 1.29 is 0 Å². The maximum Gasteiger partial charge on any atom is 0.0366 e. The highest BCUT2D eigenvalue weighted by atomic mass is 15.2. The third kappa shape index (κ3) is 2.35. The molecule has 0 amide bonds. The van der Waals surface area contributed by atoms with Gasteiger partial charge in [-0.25, -0.2) is 0 Å². The molecule has 2 nitrogen and oxygen atoms in total. The first kappa shape index (κ1) is 12.7. The predicted octanol–water partition coefficient (Wildman–Crippen LogP) is 3.39. The first-order valence-electron chi connectivity index (χ1n) is 8.35. The van der Waals surface area contributed by atoms with Crippen molar-refractivity contribution in [2.24, 2.45) is 11.3 Å². The second kappa shape index (κ2) is 5.07. The first-order chi connectivity index (χ1) is 9.83. The molecule has 1 aromatic rings. The highest BCUT2D eigenvalue weighted by Crippen LogP contribution is 2.53. The summed E-state index contributed by atoms with van der Waals surface area (Å²) in [5.41, 5.74) is 2.11. The maximum atomic E-state index is 2.72. The van der Waals surface area contributed by atoms with Crippen LogP contribution in [-0.4, -0.2) is 37.6 Å². The van der Waals surface area contributed by atoms with Crippen LogP contribution >= 0.6 is 0 Å². The van der Waals surface area contributed by atoms with Gasteiger partial charge in [0.15, 0.2) is 0 Å². The van der Waals surface area contributed by atoms with E-state index in [1.807, 2.05) is 0 Å². The lowest BCUT2D eigenvalue weighted by Crippen LogP contribution is -2.63. The molecule has 1 saturated carbocycles. The zero-order valence-electron chi connectivity index (χ0n) is 12.4. The van der Waals surface area contributed by atoms with Crippen molar-refractivity contribution in [3.63, 3.8) is 0 Å². The van der Waals surface area contributed by atoms with Gasteiger partial charge in [-0.05, 0) is 56.8 Å². The third-order valence-corrected chi connectivity index (χ3v) is 5.58. The Morgan fingerprint density at radius 3 is 2.35 bits per heavy atom. The van der Waals surface area contributed by atoms with Crippen molar-refractivity contribution in [2.75, 3.05) is 37.6 Å². The summed E-state index contributed by atoms with van der Waals surface area (Å²) in [5, 5.41) is 0. The second-order valence-corrected chi connectivity index (χ2v) is 7.33. The van der Waals surface area contributed by atoms with Gasteiger partial charge in [0.2, 0.25) is 0 Å². The molecule has 1 aromatic carbocycles. The van der Waals surface area contributed by atoms with Crippen LogP contribution in [0.15, 0.2) is 30.3 Å². The Morgan fingerprint density at radius 2 is 1.65 bits per heavy atom.